The molecule has 2 unspecified atom stereocenters. The van der Waals surface area contributed by atoms with Gasteiger partial charge in [0, 0.05) is 12.8 Å². The zero-order chi connectivity index (χ0) is 37.7. The second-order valence-corrected chi connectivity index (χ2v) is 15.4. The smallest absolute Gasteiger partial charge is 0.306 e. The Morgan fingerprint density at radius 1 is 0.647 bits per heavy atom. The van der Waals surface area contributed by atoms with Crippen molar-refractivity contribution >= 4 is 22.1 Å². The molecule has 1 heterocycles. The highest BCUT2D eigenvalue weighted by molar-refractivity contribution is 7.85. The molecule has 1 saturated heterocycles. The lowest BCUT2D eigenvalue weighted by Gasteiger charge is -2.40. The molecule has 0 aliphatic carbocycles. The van der Waals surface area contributed by atoms with Gasteiger partial charge in [0.1, 0.15) is 36.8 Å². The van der Waals surface area contributed by atoms with Crippen LogP contribution in [-0.4, -0.2) is 96.0 Å². The van der Waals surface area contributed by atoms with Gasteiger partial charge in [-0.3, -0.25) is 14.1 Å². The molecule has 12 nitrogen and oxygen atoms in total. The van der Waals surface area contributed by atoms with E-state index in [2.05, 4.69) is 26.0 Å². The Balaban J connectivity index is 2.53. The van der Waals surface area contributed by atoms with Gasteiger partial charge in [0.15, 0.2) is 12.4 Å². The number of allylic oxidation sites excluding steroid dienone is 2. The monoisotopic (exact) mass is 750 g/mol. The van der Waals surface area contributed by atoms with Crippen LogP contribution in [0.15, 0.2) is 12.2 Å². The van der Waals surface area contributed by atoms with Crippen LogP contribution < -0.4 is 0 Å². The summed E-state index contributed by atoms with van der Waals surface area (Å²) >= 11 is 0. The van der Waals surface area contributed by atoms with Crippen molar-refractivity contribution < 1.29 is 56.8 Å². The molecular weight excluding hydrogens is 680 g/mol. The number of rotatable bonds is 32. The molecule has 13 heteroatoms. The van der Waals surface area contributed by atoms with Crippen LogP contribution in [-0.2, 0) is 38.7 Å². The molecule has 0 aromatic carbocycles. The first-order valence-corrected chi connectivity index (χ1v) is 21.4. The quantitative estimate of drug-likeness (QED) is 0.0247. The molecule has 6 atom stereocenters. The molecule has 0 spiro atoms. The van der Waals surface area contributed by atoms with Gasteiger partial charge < -0.3 is 34.3 Å². The van der Waals surface area contributed by atoms with E-state index in [0.717, 1.165) is 57.8 Å². The van der Waals surface area contributed by atoms with Crippen LogP contribution in [0, 0.1) is 0 Å². The lowest BCUT2D eigenvalue weighted by atomic mass is 10.00. The fraction of sp³-hybridized carbons (Fsp3) is 0.895. The standard InChI is InChI=1S/C38H70O12S/c1-3-5-7-9-11-13-15-16-17-19-21-23-25-27-34(40)49-31(28-47-33(39)26-24-22-20-18-14-12-10-8-6-4-2)29-48-38-37(43)36(42)35(41)32(50-38)30-51(44,45)46/h13,15,31-32,35-38,41-43H,3-12,14,16-30H2,1-2H3,(H,44,45,46)/b15-13+/t31-,32-,35-,36?,37?,38+/m1/s1. The summed E-state index contributed by atoms with van der Waals surface area (Å²) in [4.78, 5) is 25.2. The van der Waals surface area contributed by atoms with Crippen LogP contribution in [0.2, 0.25) is 0 Å². The molecular formula is C38H70O12S. The van der Waals surface area contributed by atoms with E-state index in [0.29, 0.717) is 12.8 Å². The molecule has 1 fully saturated rings. The van der Waals surface area contributed by atoms with Crippen LogP contribution >= 0.6 is 0 Å². The minimum atomic E-state index is -4.59. The van der Waals surface area contributed by atoms with E-state index >= 15 is 0 Å². The predicted molar refractivity (Wildman–Crippen MR) is 197 cm³/mol. The Kier molecular flexibility index (Phi) is 27.7. The van der Waals surface area contributed by atoms with Crippen molar-refractivity contribution in [1.29, 1.82) is 0 Å². The third-order valence-corrected chi connectivity index (χ3v) is 9.85. The Morgan fingerprint density at radius 3 is 1.65 bits per heavy atom. The van der Waals surface area contributed by atoms with Gasteiger partial charge in [-0.25, -0.2) is 0 Å². The number of ether oxygens (including phenoxy) is 4. The summed E-state index contributed by atoms with van der Waals surface area (Å²) in [6.45, 7) is 3.70. The van der Waals surface area contributed by atoms with E-state index in [4.69, 9.17) is 18.9 Å². The molecule has 1 aliphatic heterocycles. The van der Waals surface area contributed by atoms with E-state index in [-0.39, 0.29) is 19.4 Å². The first-order valence-electron chi connectivity index (χ1n) is 19.7. The minimum Gasteiger partial charge on any atom is -0.462 e. The molecule has 0 bridgehead atoms. The number of esters is 2. The van der Waals surface area contributed by atoms with Crippen LogP contribution in [0.5, 0.6) is 0 Å². The zero-order valence-electron chi connectivity index (χ0n) is 31.5. The second kappa shape index (κ2) is 29.8. The topological polar surface area (TPSA) is 186 Å². The number of hydrogen-bond acceptors (Lipinski definition) is 11. The van der Waals surface area contributed by atoms with Gasteiger partial charge in [-0.2, -0.15) is 8.42 Å². The van der Waals surface area contributed by atoms with Gasteiger partial charge >= 0.3 is 11.9 Å². The lowest BCUT2D eigenvalue weighted by Crippen LogP contribution is -2.60. The first-order chi connectivity index (χ1) is 24.5. The number of hydrogen-bond donors (Lipinski definition) is 4. The maximum absolute atomic E-state index is 12.7. The third-order valence-electron chi connectivity index (χ3n) is 9.10. The molecule has 1 aliphatic rings. The normalized spacial score (nSPS) is 21.6. The van der Waals surface area contributed by atoms with Gasteiger partial charge in [-0.1, -0.05) is 122 Å². The fourth-order valence-corrected chi connectivity index (χ4v) is 6.65. The van der Waals surface area contributed by atoms with Gasteiger partial charge in [0.2, 0.25) is 0 Å². The highest BCUT2D eigenvalue weighted by Crippen LogP contribution is 2.24. The molecule has 1 rings (SSSR count). The molecule has 0 saturated carbocycles. The summed E-state index contributed by atoms with van der Waals surface area (Å²) in [6, 6.07) is 0. The highest BCUT2D eigenvalue weighted by Gasteiger charge is 2.46. The van der Waals surface area contributed by atoms with Gasteiger partial charge in [0.05, 0.1) is 6.61 Å². The second-order valence-electron chi connectivity index (χ2n) is 14.0. The molecule has 0 aromatic heterocycles. The summed E-state index contributed by atoms with van der Waals surface area (Å²) in [5.74, 6) is -1.99. The first kappa shape index (κ1) is 47.4. The van der Waals surface area contributed by atoms with Crippen molar-refractivity contribution in [2.45, 2.75) is 198 Å². The fourth-order valence-electron chi connectivity index (χ4n) is 5.96. The lowest BCUT2D eigenvalue weighted by molar-refractivity contribution is -0.297. The predicted octanol–water partition coefficient (Wildman–Crippen LogP) is 6.72. The van der Waals surface area contributed by atoms with Crippen LogP contribution in [0.3, 0.4) is 0 Å². The average Bonchev–Trinajstić information content (AvgIpc) is 3.09. The largest absolute Gasteiger partial charge is 0.462 e. The summed E-state index contributed by atoms with van der Waals surface area (Å²) in [7, 11) is -4.59. The SMILES string of the molecule is CCCCCC/C=C/CCCCCCCC(=O)O[C@H](COC(=O)CCCCCCCCCCCC)CO[C@H]1O[C@H](CS(=O)(=O)O)[C@@H](O)C(O)C1O. The molecule has 0 radical (unpaired) electrons. The van der Waals surface area contributed by atoms with E-state index < -0.39 is 71.2 Å². The van der Waals surface area contributed by atoms with Crippen molar-refractivity contribution in [3.05, 3.63) is 12.2 Å². The molecule has 300 valence electrons. The minimum absolute atomic E-state index is 0.157. The maximum atomic E-state index is 12.7. The number of aliphatic hydroxyl groups excluding tert-OH is 3. The van der Waals surface area contributed by atoms with Gasteiger partial charge in [0.25, 0.3) is 10.1 Å². The van der Waals surface area contributed by atoms with Crippen LogP contribution in [0.1, 0.15) is 162 Å². The summed E-state index contributed by atoms with van der Waals surface area (Å²) in [6.07, 6.45) is 18.5. The number of carbonyl (C=O) groups excluding carboxylic acids is 2. The Morgan fingerprint density at radius 2 is 1.12 bits per heavy atom. The average molecular weight is 751 g/mol. The van der Waals surface area contributed by atoms with E-state index in [9.17, 15) is 37.9 Å². The Bertz CT molecular complexity index is 1020. The van der Waals surface area contributed by atoms with E-state index in [1.54, 1.807) is 0 Å². The molecule has 4 N–H and O–H groups in total. The molecule has 0 aromatic rings. The van der Waals surface area contributed by atoms with Crippen LogP contribution in [0.25, 0.3) is 0 Å². The molecule has 51 heavy (non-hydrogen) atoms. The van der Waals surface area contributed by atoms with Crippen molar-refractivity contribution in [3.63, 3.8) is 0 Å². The summed E-state index contributed by atoms with van der Waals surface area (Å²) < 4.78 is 53.8. The Labute approximate surface area is 307 Å². The number of aliphatic hydroxyl groups is 3. The van der Waals surface area contributed by atoms with Gasteiger partial charge in [-0.15, -0.1) is 0 Å². The Hall–Kier alpha value is -1.61. The maximum Gasteiger partial charge on any atom is 0.306 e. The van der Waals surface area contributed by atoms with E-state index in [1.807, 2.05) is 0 Å². The number of carbonyl (C=O) groups is 2. The van der Waals surface area contributed by atoms with Crippen molar-refractivity contribution in [1.82, 2.24) is 0 Å². The highest BCUT2D eigenvalue weighted by atomic mass is 32.2. The van der Waals surface area contributed by atoms with Crippen LogP contribution in [0.4, 0.5) is 0 Å². The zero-order valence-corrected chi connectivity index (χ0v) is 32.3. The van der Waals surface area contributed by atoms with Crippen molar-refractivity contribution in [2.24, 2.45) is 0 Å². The van der Waals surface area contributed by atoms with Gasteiger partial charge in [-0.05, 0) is 38.5 Å². The summed E-state index contributed by atoms with van der Waals surface area (Å²) in [5, 5.41) is 30.7. The van der Waals surface area contributed by atoms with Crippen molar-refractivity contribution in [2.75, 3.05) is 19.0 Å². The summed E-state index contributed by atoms with van der Waals surface area (Å²) in [5.41, 5.74) is 0. The third kappa shape index (κ3) is 25.1. The number of unbranched alkanes of at least 4 members (excludes halogenated alkanes) is 18. The van der Waals surface area contributed by atoms with Crippen molar-refractivity contribution in [3.8, 4) is 0 Å². The van der Waals surface area contributed by atoms with E-state index in [1.165, 1.54) is 64.2 Å². The molecule has 0 amide bonds.